The highest BCUT2D eigenvalue weighted by Crippen LogP contribution is 2.20. The molecule has 1 nitrogen and oxygen atoms in total. The Kier molecular flexibility index (Phi) is 3.72. The van der Waals surface area contributed by atoms with Gasteiger partial charge in [0.05, 0.1) is 0 Å². The minimum atomic E-state index is -1.37. The molecule has 0 spiro atoms. The average Bonchev–Trinajstić information content (AvgIpc) is 2.33. The summed E-state index contributed by atoms with van der Waals surface area (Å²) in [6.07, 6.45) is 2.44. The largest absolute Gasteiger partial charge is 0.313 e. The van der Waals surface area contributed by atoms with E-state index in [0.717, 1.165) is 25.5 Å². The standard InChI is InChI=1S/C13H16F3N/c1-8-2-4-10(17-7-8)6-9-3-5-11(14)13(16)12(9)15/h3,5,8,10,17H,2,4,6-7H2,1H3. The van der Waals surface area contributed by atoms with E-state index < -0.39 is 17.5 Å². The van der Waals surface area contributed by atoms with E-state index in [1.165, 1.54) is 6.07 Å². The van der Waals surface area contributed by atoms with Crippen LogP contribution in [0.3, 0.4) is 0 Å². The van der Waals surface area contributed by atoms with Gasteiger partial charge in [0.2, 0.25) is 0 Å². The fourth-order valence-electron chi connectivity index (χ4n) is 2.22. The van der Waals surface area contributed by atoms with E-state index in [-0.39, 0.29) is 11.6 Å². The second-order valence-corrected chi connectivity index (χ2v) is 4.83. The second-order valence-electron chi connectivity index (χ2n) is 4.83. The molecule has 0 bridgehead atoms. The van der Waals surface area contributed by atoms with Crippen molar-refractivity contribution in [1.82, 2.24) is 5.32 Å². The van der Waals surface area contributed by atoms with E-state index in [1.54, 1.807) is 0 Å². The minimum absolute atomic E-state index is 0.158. The van der Waals surface area contributed by atoms with Crippen LogP contribution < -0.4 is 5.32 Å². The van der Waals surface area contributed by atoms with Crippen LogP contribution in [0.5, 0.6) is 0 Å². The topological polar surface area (TPSA) is 12.0 Å². The Morgan fingerprint density at radius 2 is 1.94 bits per heavy atom. The molecule has 2 atom stereocenters. The average molecular weight is 243 g/mol. The number of hydrogen-bond acceptors (Lipinski definition) is 1. The zero-order valence-electron chi connectivity index (χ0n) is 9.77. The van der Waals surface area contributed by atoms with E-state index in [1.807, 2.05) is 0 Å². The van der Waals surface area contributed by atoms with Crippen molar-refractivity contribution in [3.63, 3.8) is 0 Å². The van der Waals surface area contributed by atoms with Gasteiger partial charge >= 0.3 is 0 Å². The predicted molar refractivity (Wildman–Crippen MR) is 60.2 cm³/mol. The summed E-state index contributed by atoms with van der Waals surface area (Å²) in [7, 11) is 0. The zero-order chi connectivity index (χ0) is 12.4. The van der Waals surface area contributed by atoms with Gasteiger partial charge in [-0.05, 0) is 43.4 Å². The first-order valence-corrected chi connectivity index (χ1v) is 5.93. The zero-order valence-corrected chi connectivity index (χ0v) is 9.77. The monoisotopic (exact) mass is 243 g/mol. The van der Waals surface area contributed by atoms with Gasteiger partial charge in [-0.25, -0.2) is 13.2 Å². The maximum absolute atomic E-state index is 13.5. The smallest absolute Gasteiger partial charge is 0.194 e. The summed E-state index contributed by atoms with van der Waals surface area (Å²) in [5.41, 5.74) is 0.246. The van der Waals surface area contributed by atoms with Gasteiger partial charge in [0.1, 0.15) is 0 Å². The lowest BCUT2D eigenvalue weighted by atomic mass is 9.92. The molecule has 1 N–H and O–H groups in total. The van der Waals surface area contributed by atoms with Crippen molar-refractivity contribution in [2.75, 3.05) is 6.54 Å². The molecule has 0 saturated carbocycles. The van der Waals surface area contributed by atoms with Crippen molar-refractivity contribution >= 4 is 0 Å². The van der Waals surface area contributed by atoms with Gasteiger partial charge in [-0.15, -0.1) is 0 Å². The molecule has 1 heterocycles. The van der Waals surface area contributed by atoms with Crippen LogP contribution in [0.1, 0.15) is 25.3 Å². The molecule has 1 aromatic rings. The fraction of sp³-hybridized carbons (Fsp3) is 0.538. The van der Waals surface area contributed by atoms with Gasteiger partial charge < -0.3 is 5.32 Å². The van der Waals surface area contributed by atoms with Crippen molar-refractivity contribution in [1.29, 1.82) is 0 Å². The third kappa shape index (κ3) is 2.80. The number of hydrogen-bond donors (Lipinski definition) is 1. The van der Waals surface area contributed by atoms with Crippen LogP contribution in [0.4, 0.5) is 13.2 Å². The van der Waals surface area contributed by atoms with Crippen molar-refractivity contribution < 1.29 is 13.2 Å². The third-order valence-electron chi connectivity index (χ3n) is 3.34. The highest BCUT2D eigenvalue weighted by Gasteiger charge is 2.20. The highest BCUT2D eigenvalue weighted by molar-refractivity contribution is 5.21. The number of piperidine rings is 1. The molecule has 1 aliphatic heterocycles. The predicted octanol–water partition coefficient (Wildman–Crippen LogP) is 3.03. The summed E-state index contributed by atoms with van der Waals surface area (Å²) >= 11 is 0. The summed E-state index contributed by atoms with van der Waals surface area (Å²) < 4.78 is 39.2. The molecule has 4 heteroatoms. The molecule has 17 heavy (non-hydrogen) atoms. The lowest BCUT2D eigenvalue weighted by Gasteiger charge is -2.28. The molecule has 2 rings (SSSR count). The first-order valence-electron chi connectivity index (χ1n) is 5.93. The summed E-state index contributed by atoms with van der Waals surface area (Å²) in [5, 5.41) is 3.30. The summed E-state index contributed by atoms with van der Waals surface area (Å²) in [5.74, 6) is -2.92. The molecule has 1 fully saturated rings. The maximum atomic E-state index is 13.5. The van der Waals surface area contributed by atoms with Crippen LogP contribution in [0, 0.1) is 23.4 Å². The van der Waals surface area contributed by atoms with Gasteiger partial charge in [0, 0.05) is 6.04 Å². The Morgan fingerprint density at radius 1 is 1.18 bits per heavy atom. The first-order chi connectivity index (χ1) is 8.08. The van der Waals surface area contributed by atoms with Crippen LogP contribution in [-0.2, 0) is 6.42 Å². The Bertz CT molecular complexity index is 398. The molecular formula is C13H16F3N. The van der Waals surface area contributed by atoms with Gasteiger partial charge in [-0.2, -0.15) is 0 Å². The molecule has 0 aliphatic carbocycles. The summed E-state index contributed by atoms with van der Waals surface area (Å²) in [6, 6.07) is 2.47. The van der Waals surface area contributed by atoms with Crippen molar-refractivity contribution in [3.05, 3.63) is 35.1 Å². The van der Waals surface area contributed by atoms with E-state index in [9.17, 15) is 13.2 Å². The molecule has 94 valence electrons. The van der Waals surface area contributed by atoms with E-state index in [0.29, 0.717) is 12.3 Å². The lowest BCUT2D eigenvalue weighted by Crippen LogP contribution is -2.39. The Hall–Kier alpha value is -1.03. The van der Waals surface area contributed by atoms with Crippen molar-refractivity contribution in [3.8, 4) is 0 Å². The van der Waals surface area contributed by atoms with E-state index >= 15 is 0 Å². The number of nitrogens with one attached hydrogen (secondary N) is 1. The van der Waals surface area contributed by atoms with E-state index in [4.69, 9.17) is 0 Å². The molecule has 1 aromatic carbocycles. The minimum Gasteiger partial charge on any atom is -0.313 e. The summed E-state index contributed by atoms with van der Waals surface area (Å²) in [6.45, 7) is 3.05. The van der Waals surface area contributed by atoms with Gasteiger partial charge in [-0.3, -0.25) is 0 Å². The number of halogens is 3. The molecule has 2 unspecified atom stereocenters. The van der Waals surface area contributed by atoms with Crippen molar-refractivity contribution in [2.45, 2.75) is 32.2 Å². The third-order valence-corrected chi connectivity index (χ3v) is 3.34. The molecular weight excluding hydrogens is 227 g/mol. The maximum Gasteiger partial charge on any atom is 0.194 e. The van der Waals surface area contributed by atoms with Crippen LogP contribution in [0.2, 0.25) is 0 Å². The molecule has 0 amide bonds. The van der Waals surface area contributed by atoms with Crippen LogP contribution in [0.15, 0.2) is 12.1 Å². The SMILES string of the molecule is CC1CCC(Cc2ccc(F)c(F)c2F)NC1. The molecule has 1 saturated heterocycles. The van der Waals surface area contributed by atoms with Crippen LogP contribution >= 0.6 is 0 Å². The Morgan fingerprint density at radius 3 is 2.59 bits per heavy atom. The van der Waals surface area contributed by atoms with E-state index in [2.05, 4.69) is 12.2 Å². The summed E-state index contributed by atoms with van der Waals surface area (Å²) in [4.78, 5) is 0. The number of benzene rings is 1. The van der Waals surface area contributed by atoms with Crippen LogP contribution in [0.25, 0.3) is 0 Å². The first kappa shape index (κ1) is 12.4. The molecule has 0 aromatic heterocycles. The van der Waals surface area contributed by atoms with Gasteiger partial charge in [0.15, 0.2) is 17.5 Å². The van der Waals surface area contributed by atoms with Crippen molar-refractivity contribution in [2.24, 2.45) is 5.92 Å². The quantitative estimate of drug-likeness (QED) is 0.787. The number of rotatable bonds is 2. The highest BCUT2D eigenvalue weighted by atomic mass is 19.2. The van der Waals surface area contributed by atoms with Crippen LogP contribution in [-0.4, -0.2) is 12.6 Å². The van der Waals surface area contributed by atoms with Gasteiger partial charge in [0.25, 0.3) is 0 Å². The normalized spacial score (nSPS) is 24.9. The fourth-order valence-corrected chi connectivity index (χ4v) is 2.22. The Balaban J connectivity index is 2.06. The molecule has 0 radical (unpaired) electrons. The lowest BCUT2D eigenvalue weighted by molar-refractivity contribution is 0.322. The Labute approximate surface area is 99.0 Å². The second kappa shape index (κ2) is 5.08. The van der Waals surface area contributed by atoms with Gasteiger partial charge in [-0.1, -0.05) is 13.0 Å². The molecule has 1 aliphatic rings.